The van der Waals surface area contributed by atoms with Crippen LogP contribution in [-0.2, 0) is 0 Å². The average Bonchev–Trinajstić information content (AvgIpc) is 2.35. The largest absolute Gasteiger partial charge is 0.476 e. The van der Waals surface area contributed by atoms with Crippen molar-refractivity contribution in [2.24, 2.45) is 0 Å². The molecule has 98 valence electrons. The van der Waals surface area contributed by atoms with Crippen LogP contribution in [0.25, 0.3) is 0 Å². The lowest BCUT2D eigenvalue weighted by Gasteiger charge is -2.43. The summed E-state index contributed by atoms with van der Waals surface area (Å²) in [6.45, 7) is 5.78. The highest BCUT2D eigenvalue weighted by molar-refractivity contribution is 5.90. The molecule has 1 fully saturated rings. The first-order chi connectivity index (χ1) is 8.50. The minimum Gasteiger partial charge on any atom is -0.476 e. The molecule has 0 radical (unpaired) electrons. The lowest BCUT2D eigenvalue weighted by molar-refractivity contribution is 0.0690. The number of nitrogens with zero attached hydrogens (tertiary/aromatic N) is 4. The summed E-state index contributed by atoms with van der Waals surface area (Å²) >= 11 is 0. The van der Waals surface area contributed by atoms with E-state index in [4.69, 9.17) is 5.11 Å². The van der Waals surface area contributed by atoms with Gasteiger partial charge in [0.1, 0.15) is 0 Å². The number of rotatable bonds is 2. The molecule has 6 heteroatoms. The fourth-order valence-electron chi connectivity index (χ4n) is 2.29. The minimum atomic E-state index is -1.03. The topological polar surface area (TPSA) is 69.6 Å². The van der Waals surface area contributed by atoms with Crippen LogP contribution in [0.2, 0.25) is 0 Å². The molecule has 1 N–H and O–H groups in total. The minimum absolute atomic E-state index is 0.0291. The van der Waals surface area contributed by atoms with Crippen molar-refractivity contribution >= 4 is 11.8 Å². The number of anilines is 1. The molecule has 2 heterocycles. The molecule has 1 aromatic rings. The molecule has 6 nitrogen and oxygen atoms in total. The summed E-state index contributed by atoms with van der Waals surface area (Å²) in [5.41, 5.74) is 0.0291. The summed E-state index contributed by atoms with van der Waals surface area (Å²) in [6.07, 6.45) is 2.95. The van der Waals surface area contributed by atoms with E-state index in [1.54, 1.807) is 0 Å². The summed E-state index contributed by atoms with van der Waals surface area (Å²) in [4.78, 5) is 23.5. The number of aromatic carboxylic acids is 1. The van der Waals surface area contributed by atoms with Gasteiger partial charge in [0.2, 0.25) is 0 Å². The molecule has 2 atom stereocenters. The number of likely N-dealkylation sites (N-methyl/N-ethyl adjacent to an activating group) is 1. The summed E-state index contributed by atoms with van der Waals surface area (Å²) in [6, 6.07) is 0.717. The van der Waals surface area contributed by atoms with Crippen molar-refractivity contribution in [2.75, 3.05) is 25.0 Å². The van der Waals surface area contributed by atoms with Crippen molar-refractivity contribution in [3.8, 4) is 0 Å². The van der Waals surface area contributed by atoms with Gasteiger partial charge >= 0.3 is 5.97 Å². The number of carboxylic acid groups (broad SMARTS) is 1. The number of carbonyl (C=O) groups is 1. The van der Waals surface area contributed by atoms with Gasteiger partial charge in [-0.1, -0.05) is 0 Å². The molecule has 0 bridgehead atoms. The molecular weight excluding hydrogens is 232 g/mol. The summed E-state index contributed by atoms with van der Waals surface area (Å²) in [5, 5.41) is 9.14. The Morgan fingerprint density at radius 2 is 1.83 bits per heavy atom. The van der Waals surface area contributed by atoms with Crippen LogP contribution in [0.3, 0.4) is 0 Å². The molecule has 1 saturated heterocycles. The van der Waals surface area contributed by atoms with Crippen LogP contribution in [0.15, 0.2) is 12.4 Å². The van der Waals surface area contributed by atoms with Gasteiger partial charge in [-0.25, -0.2) is 14.8 Å². The van der Waals surface area contributed by atoms with E-state index in [9.17, 15) is 4.79 Å². The van der Waals surface area contributed by atoms with E-state index in [-0.39, 0.29) is 5.69 Å². The zero-order valence-electron chi connectivity index (χ0n) is 10.9. The van der Waals surface area contributed by atoms with Crippen LogP contribution in [0.1, 0.15) is 24.3 Å². The standard InChI is InChI=1S/C12H18N4O2/c1-8-6-16(7-9(2)15(8)3)11-10(12(17)18)13-4-5-14-11/h4-5,8-9H,6-7H2,1-3H3,(H,17,18). The maximum Gasteiger partial charge on any atom is 0.358 e. The van der Waals surface area contributed by atoms with E-state index in [0.717, 1.165) is 13.1 Å². The highest BCUT2D eigenvalue weighted by Gasteiger charge is 2.29. The molecule has 1 aromatic heterocycles. The quantitative estimate of drug-likeness (QED) is 0.833. The Labute approximate surface area is 106 Å². The zero-order chi connectivity index (χ0) is 13.3. The van der Waals surface area contributed by atoms with Crippen LogP contribution in [-0.4, -0.2) is 58.2 Å². The van der Waals surface area contributed by atoms with Gasteiger partial charge in [-0.15, -0.1) is 0 Å². The molecule has 0 spiro atoms. The first-order valence-electron chi connectivity index (χ1n) is 6.02. The smallest absolute Gasteiger partial charge is 0.358 e. The SMILES string of the molecule is CC1CN(c2nccnc2C(=O)O)CC(C)N1C. The molecule has 2 unspecified atom stereocenters. The van der Waals surface area contributed by atoms with E-state index in [1.165, 1.54) is 12.4 Å². The Hall–Kier alpha value is -1.69. The van der Waals surface area contributed by atoms with Crippen molar-refractivity contribution in [3.05, 3.63) is 18.1 Å². The predicted octanol–water partition coefficient (Wildman–Crippen LogP) is 0.704. The number of aromatic nitrogens is 2. The Morgan fingerprint density at radius 3 is 2.39 bits per heavy atom. The Morgan fingerprint density at radius 1 is 1.28 bits per heavy atom. The van der Waals surface area contributed by atoms with Crippen molar-refractivity contribution in [2.45, 2.75) is 25.9 Å². The molecule has 0 aromatic carbocycles. The maximum absolute atomic E-state index is 11.2. The molecule has 2 rings (SSSR count). The molecular formula is C12H18N4O2. The number of hydrogen-bond donors (Lipinski definition) is 1. The van der Waals surface area contributed by atoms with Gasteiger partial charge in [0.25, 0.3) is 0 Å². The molecule has 0 amide bonds. The third-order valence-electron chi connectivity index (χ3n) is 3.54. The monoisotopic (exact) mass is 250 g/mol. The third kappa shape index (κ3) is 2.28. The third-order valence-corrected chi connectivity index (χ3v) is 3.54. The summed E-state index contributed by atoms with van der Waals surface area (Å²) < 4.78 is 0. The van der Waals surface area contributed by atoms with Crippen molar-refractivity contribution in [1.82, 2.24) is 14.9 Å². The van der Waals surface area contributed by atoms with Crippen LogP contribution in [0.5, 0.6) is 0 Å². The fourth-order valence-corrected chi connectivity index (χ4v) is 2.29. The van der Waals surface area contributed by atoms with Gasteiger partial charge in [-0.3, -0.25) is 4.90 Å². The second-order valence-corrected chi connectivity index (χ2v) is 4.80. The highest BCUT2D eigenvalue weighted by atomic mass is 16.4. The van der Waals surface area contributed by atoms with Gasteiger partial charge < -0.3 is 10.0 Å². The average molecular weight is 250 g/mol. The molecule has 0 aliphatic carbocycles. The Balaban J connectivity index is 2.30. The van der Waals surface area contributed by atoms with Gasteiger partial charge in [-0.05, 0) is 20.9 Å². The Kier molecular flexibility index (Phi) is 3.47. The number of piperazine rings is 1. The second-order valence-electron chi connectivity index (χ2n) is 4.80. The van der Waals surface area contributed by atoms with E-state index >= 15 is 0 Å². The molecule has 18 heavy (non-hydrogen) atoms. The van der Waals surface area contributed by atoms with Gasteiger partial charge in [0.15, 0.2) is 11.5 Å². The van der Waals surface area contributed by atoms with Crippen LogP contribution < -0.4 is 4.90 Å². The van der Waals surface area contributed by atoms with Crippen LogP contribution in [0.4, 0.5) is 5.82 Å². The second kappa shape index (κ2) is 4.89. The lowest BCUT2D eigenvalue weighted by atomic mass is 10.1. The van der Waals surface area contributed by atoms with Crippen LogP contribution >= 0.6 is 0 Å². The van der Waals surface area contributed by atoms with Crippen molar-refractivity contribution in [1.29, 1.82) is 0 Å². The van der Waals surface area contributed by atoms with Gasteiger partial charge in [0.05, 0.1) is 0 Å². The lowest BCUT2D eigenvalue weighted by Crippen LogP contribution is -2.55. The normalized spacial score (nSPS) is 25.2. The van der Waals surface area contributed by atoms with Gasteiger partial charge in [-0.2, -0.15) is 0 Å². The zero-order valence-corrected chi connectivity index (χ0v) is 10.9. The number of hydrogen-bond acceptors (Lipinski definition) is 5. The van der Waals surface area contributed by atoms with Gasteiger partial charge in [0, 0.05) is 37.6 Å². The molecule has 1 aliphatic rings. The highest BCUT2D eigenvalue weighted by Crippen LogP contribution is 2.21. The van der Waals surface area contributed by atoms with E-state index in [0.29, 0.717) is 17.9 Å². The van der Waals surface area contributed by atoms with Crippen molar-refractivity contribution < 1.29 is 9.90 Å². The first-order valence-corrected chi connectivity index (χ1v) is 6.02. The Bertz CT molecular complexity index is 439. The predicted molar refractivity (Wildman–Crippen MR) is 67.9 cm³/mol. The molecule has 1 aliphatic heterocycles. The van der Waals surface area contributed by atoms with E-state index in [2.05, 4.69) is 35.8 Å². The molecule has 0 saturated carbocycles. The van der Waals surface area contributed by atoms with Crippen LogP contribution in [0, 0.1) is 0 Å². The maximum atomic E-state index is 11.2. The number of carboxylic acids is 1. The summed E-state index contributed by atoms with van der Waals surface area (Å²) in [7, 11) is 2.08. The van der Waals surface area contributed by atoms with Crippen molar-refractivity contribution in [3.63, 3.8) is 0 Å². The fraction of sp³-hybridized carbons (Fsp3) is 0.583. The van der Waals surface area contributed by atoms with E-state index < -0.39 is 5.97 Å². The van der Waals surface area contributed by atoms with E-state index in [1.807, 2.05) is 4.90 Å². The summed E-state index contributed by atoms with van der Waals surface area (Å²) in [5.74, 6) is -0.561. The first kappa shape index (κ1) is 12.8.